The summed E-state index contributed by atoms with van der Waals surface area (Å²) < 4.78 is 4.93. The molecule has 0 radical (unpaired) electrons. The first kappa shape index (κ1) is 10.8. The molecule has 0 saturated heterocycles. The lowest BCUT2D eigenvalue weighted by molar-refractivity contribution is 0.200. The van der Waals surface area contributed by atoms with E-state index in [1.165, 1.54) is 0 Å². The van der Waals surface area contributed by atoms with Crippen molar-refractivity contribution in [3.63, 3.8) is 0 Å². The molecule has 0 atom stereocenters. The van der Waals surface area contributed by atoms with Gasteiger partial charge < -0.3 is 4.74 Å². The second-order valence-electron chi connectivity index (χ2n) is 2.39. The van der Waals surface area contributed by atoms with Crippen molar-refractivity contribution in [2.75, 3.05) is 19.5 Å². The van der Waals surface area contributed by atoms with E-state index in [-0.39, 0.29) is 0 Å². The van der Waals surface area contributed by atoms with E-state index in [0.717, 1.165) is 23.8 Å². The lowest BCUT2D eigenvalue weighted by Crippen LogP contribution is -1.91. The molecule has 13 heavy (non-hydrogen) atoms. The average Bonchev–Trinajstić information content (AvgIpc) is 2.15. The van der Waals surface area contributed by atoms with E-state index in [1.54, 1.807) is 24.9 Å². The molecule has 0 spiro atoms. The van der Waals surface area contributed by atoms with E-state index >= 15 is 0 Å². The fourth-order valence-electron chi connectivity index (χ4n) is 0.761. The highest BCUT2D eigenvalue weighted by molar-refractivity contribution is 7.99. The second kappa shape index (κ2) is 6.18. The van der Waals surface area contributed by atoms with E-state index in [9.17, 15) is 0 Å². The van der Waals surface area contributed by atoms with Crippen LogP contribution in [0.4, 0.5) is 0 Å². The van der Waals surface area contributed by atoms with Gasteiger partial charge in [-0.3, -0.25) is 0 Å². The summed E-state index contributed by atoms with van der Waals surface area (Å²) in [6.45, 7) is 0.786. The SMILES string of the molecule is COCCCSc1ccc(Cl)nn1. The first-order valence-electron chi connectivity index (χ1n) is 3.94. The fourth-order valence-corrected chi connectivity index (χ4v) is 1.60. The van der Waals surface area contributed by atoms with Crippen LogP contribution in [0.2, 0.25) is 5.15 Å². The molecule has 0 fully saturated rings. The van der Waals surface area contributed by atoms with Crippen molar-refractivity contribution in [1.82, 2.24) is 10.2 Å². The van der Waals surface area contributed by atoms with Crippen molar-refractivity contribution in [2.24, 2.45) is 0 Å². The van der Waals surface area contributed by atoms with Crippen molar-refractivity contribution < 1.29 is 4.74 Å². The third kappa shape index (κ3) is 4.45. The van der Waals surface area contributed by atoms with Crippen LogP contribution in [0.15, 0.2) is 17.2 Å². The van der Waals surface area contributed by atoms with Gasteiger partial charge in [0.25, 0.3) is 0 Å². The molecule has 3 nitrogen and oxygen atoms in total. The molecule has 0 aliphatic heterocycles. The fraction of sp³-hybridized carbons (Fsp3) is 0.500. The zero-order valence-corrected chi connectivity index (χ0v) is 8.94. The molecule has 0 aromatic carbocycles. The average molecular weight is 219 g/mol. The molecular weight excluding hydrogens is 208 g/mol. The van der Waals surface area contributed by atoms with Crippen molar-refractivity contribution in [1.29, 1.82) is 0 Å². The Hall–Kier alpha value is -0.320. The van der Waals surface area contributed by atoms with Gasteiger partial charge in [-0.1, -0.05) is 11.6 Å². The maximum Gasteiger partial charge on any atom is 0.151 e. The highest BCUT2D eigenvalue weighted by atomic mass is 35.5. The van der Waals surface area contributed by atoms with Gasteiger partial charge in [-0.25, -0.2) is 0 Å². The largest absolute Gasteiger partial charge is 0.385 e. The Morgan fingerprint density at radius 3 is 2.92 bits per heavy atom. The number of methoxy groups -OCH3 is 1. The number of ether oxygens (including phenoxy) is 1. The maximum absolute atomic E-state index is 5.59. The van der Waals surface area contributed by atoms with Gasteiger partial charge in [0.1, 0.15) is 5.03 Å². The monoisotopic (exact) mass is 218 g/mol. The minimum absolute atomic E-state index is 0.432. The van der Waals surface area contributed by atoms with Crippen LogP contribution in [0.3, 0.4) is 0 Å². The van der Waals surface area contributed by atoms with Gasteiger partial charge >= 0.3 is 0 Å². The van der Waals surface area contributed by atoms with E-state index < -0.39 is 0 Å². The molecule has 0 saturated carbocycles. The minimum atomic E-state index is 0.432. The highest BCUT2D eigenvalue weighted by Gasteiger charge is 1.96. The Bertz CT molecular complexity index is 242. The Labute approximate surface area is 86.8 Å². The number of nitrogens with zero attached hydrogens (tertiary/aromatic N) is 2. The normalized spacial score (nSPS) is 10.3. The molecule has 5 heteroatoms. The van der Waals surface area contributed by atoms with Crippen molar-refractivity contribution in [3.05, 3.63) is 17.3 Å². The van der Waals surface area contributed by atoms with Crippen LogP contribution in [0, 0.1) is 0 Å². The Kier molecular flexibility index (Phi) is 5.12. The molecule has 1 rings (SSSR count). The van der Waals surface area contributed by atoms with E-state index in [4.69, 9.17) is 16.3 Å². The standard InChI is InChI=1S/C8H11ClN2OS/c1-12-5-2-6-13-8-4-3-7(9)10-11-8/h3-4H,2,5-6H2,1H3. The number of hydrogen-bond acceptors (Lipinski definition) is 4. The molecule has 0 aliphatic rings. The summed E-state index contributed by atoms with van der Waals surface area (Å²) in [5.41, 5.74) is 0. The van der Waals surface area contributed by atoms with Gasteiger partial charge in [0.2, 0.25) is 0 Å². The summed E-state index contributed by atoms with van der Waals surface area (Å²) in [4.78, 5) is 0. The zero-order valence-electron chi connectivity index (χ0n) is 7.36. The van der Waals surface area contributed by atoms with Crippen LogP contribution < -0.4 is 0 Å². The summed E-state index contributed by atoms with van der Waals surface area (Å²) in [7, 11) is 1.70. The van der Waals surface area contributed by atoms with Gasteiger partial charge in [-0.15, -0.1) is 22.0 Å². The molecule has 0 bridgehead atoms. The molecule has 72 valence electrons. The summed E-state index contributed by atoms with van der Waals surface area (Å²) in [5.74, 6) is 0.990. The third-order valence-corrected chi connectivity index (χ3v) is 2.56. The molecule has 0 N–H and O–H groups in total. The van der Waals surface area contributed by atoms with Crippen LogP contribution in [-0.4, -0.2) is 29.7 Å². The van der Waals surface area contributed by atoms with Gasteiger partial charge in [0.15, 0.2) is 5.15 Å². The van der Waals surface area contributed by atoms with Gasteiger partial charge in [0, 0.05) is 19.5 Å². The van der Waals surface area contributed by atoms with E-state index in [0.29, 0.717) is 5.15 Å². The minimum Gasteiger partial charge on any atom is -0.385 e. The van der Waals surface area contributed by atoms with Crippen molar-refractivity contribution >= 4 is 23.4 Å². The van der Waals surface area contributed by atoms with E-state index in [2.05, 4.69) is 10.2 Å². The topological polar surface area (TPSA) is 35.0 Å². The van der Waals surface area contributed by atoms with Gasteiger partial charge in [-0.2, -0.15) is 0 Å². The number of thioether (sulfide) groups is 1. The quantitative estimate of drug-likeness (QED) is 0.561. The van der Waals surface area contributed by atoms with E-state index in [1.807, 2.05) is 6.07 Å². The summed E-state index contributed by atoms with van der Waals surface area (Å²) in [5, 5.41) is 8.99. The Morgan fingerprint density at radius 2 is 2.31 bits per heavy atom. The predicted octanol–water partition coefficient (Wildman–Crippen LogP) is 2.26. The second-order valence-corrected chi connectivity index (χ2v) is 3.89. The smallest absolute Gasteiger partial charge is 0.151 e. The summed E-state index contributed by atoms with van der Waals surface area (Å²) in [6, 6.07) is 3.61. The summed E-state index contributed by atoms with van der Waals surface area (Å²) in [6.07, 6.45) is 1.02. The molecule has 0 unspecified atom stereocenters. The number of halogens is 1. The number of aromatic nitrogens is 2. The van der Waals surface area contributed by atoms with Gasteiger partial charge in [0.05, 0.1) is 0 Å². The molecule has 1 aromatic heterocycles. The molecule has 0 amide bonds. The zero-order chi connectivity index (χ0) is 9.52. The van der Waals surface area contributed by atoms with Crippen molar-refractivity contribution in [3.8, 4) is 0 Å². The lowest BCUT2D eigenvalue weighted by atomic mass is 10.5. The summed E-state index contributed by atoms with van der Waals surface area (Å²) >= 11 is 7.25. The first-order chi connectivity index (χ1) is 6.33. The third-order valence-electron chi connectivity index (χ3n) is 1.35. The highest BCUT2D eigenvalue weighted by Crippen LogP contribution is 2.15. The molecule has 1 aromatic rings. The van der Waals surface area contributed by atoms with Crippen molar-refractivity contribution in [2.45, 2.75) is 11.4 Å². The molecule has 1 heterocycles. The lowest BCUT2D eigenvalue weighted by Gasteiger charge is -1.98. The molecular formula is C8H11ClN2OS. The van der Waals surface area contributed by atoms with Gasteiger partial charge in [-0.05, 0) is 18.6 Å². The van der Waals surface area contributed by atoms with Crippen LogP contribution in [0.25, 0.3) is 0 Å². The van der Waals surface area contributed by atoms with Crippen LogP contribution in [0.1, 0.15) is 6.42 Å². The van der Waals surface area contributed by atoms with Crippen LogP contribution in [-0.2, 0) is 4.74 Å². The Morgan fingerprint density at radius 1 is 1.46 bits per heavy atom. The molecule has 0 aliphatic carbocycles. The van der Waals surface area contributed by atoms with Crippen LogP contribution in [0.5, 0.6) is 0 Å². The number of hydrogen-bond donors (Lipinski definition) is 0. The maximum atomic E-state index is 5.59. The first-order valence-corrected chi connectivity index (χ1v) is 5.30. The number of rotatable bonds is 5. The predicted molar refractivity (Wildman–Crippen MR) is 54.3 cm³/mol. The van der Waals surface area contributed by atoms with Crippen LogP contribution >= 0.6 is 23.4 Å². The Balaban J connectivity index is 2.25.